The third kappa shape index (κ3) is 2.62. The highest BCUT2D eigenvalue weighted by molar-refractivity contribution is 7.10. The Kier molecular flexibility index (Phi) is 3.83. The van der Waals surface area contributed by atoms with Gasteiger partial charge in [0.1, 0.15) is 5.01 Å². The second kappa shape index (κ2) is 5.21. The van der Waals surface area contributed by atoms with Crippen LogP contribution < -0.4 is 5.73 Å². The molecule has 1 atom stereocenters. The third-order valence-corrected chi connectivity index (χ3v) is 4.27. The lowest BCUT2D eigenvalue weighted by Crippen LogP contribution is -2.16. The fourth-order valence-electron chi connectivity index (χ4n) is 1.76. The lowest BCUT2D eigenvalue weighted by Gasteiger charge is -2.11. The van der Waals surface area contributed by atoms with E-state index in [9.17, 15) is 0 Å². The second-order valence-corrected chi connectivity index (χ2v) is 6.03. The highest BCUT2D eigenvalue weighted by Crippen LogP contribution is 2.28. The van der Waals surface area contributed by atoms with E-state index in [0.29, 0.717) is 5.92 Å². The fourth-order valence-corrected chi connectivity index (χ4v) is 2.76. The predicted molar refractivity (Wildman–Crippen MR) is 78.8 cm³/mol. The minimum atomic E-state index is 0.0373. The molecule has 0 aliphatic heterocycles. The van der Waals surface area contributed by atoms with Gasteiger partial charge in [0, 0.05) is 10.9 Å². The summed E-state index contributed by atoms with van der Waals surface area (Å²) in [6.07, 6.45) is 0. The Hall–Kier alpha value is -1.19. The molecule has 0 saturated carbocycles. The van der Waals surface area contributed by atoms with Gasteiger partial charge in [-0.15, -0.1) is 11.3 Å². The van der Waals surface area contributed by atoms with E-state index >= 15 is 0 Å². The van der Waals surface area contributed by atoms with E-state index in [-0.39, 0.29) is 6.04 Å². The van der Waals surface area contributed by atoms with Crippen LogP contribution in [-0.4, -0.2) is 4.98 Å². The van der Waals surface area contributed by atoms with E-state index in [0.717, 1.165) is 10.7 Å². The van der Waals surface area contributed by atoms with Crippen molar-refractivity contribution in [3.05, 3.63) is 39.7 Å². The van der Waals surface area contributed by atoms with Crippen molar-refractivity contribution in [2.24, 2.45) is 11.7 Å². The van der Waals surface area contributed by atoms with Crippen molar-refractivity contribution in [2.45, 2.75) is 33.7 Å². The van der Waals surface area contributed by atoms with Gasteiger partial charge < -0.3 is 5.73 Å². The Morgan fingerprint density at radius 2 is 1.89 bits per heavy atom. The molecule has 0 spiro atoms. The summed E-state index contributed by atoms with van der Waals surface area (Å²) >= 11 is 1.65. The van der Waals surface area contributed by atoms with Gasteiger partial charge in [-0.1, -0.05) is 26.0 Å². The molecule has 0 aliphatic carbocycles. The lowest BCUT2D eigenvalue weighted by molar-refractivity contribution is 0.512. The van der Waals surface area contributed by atoms with Gasteiger partial charge in [0.05, 0.1) is 11.7 Å². The van der Waals surface area contributed by atoms with Gasteiger partial charge in [-0.05, 0) is 37.0 Å². The quantitative estimate of drug-likeness (QED) is 0.903. The fraction of sp³-hybridized carbons (Fsp3) is 0.400. The van der Waals surface area contributed by atoms with Crippen LogP contribution in [0.15, 0.2) is 23.6 Å². The molecular formula is C15H20N2S. The molecule has 1 unspecified atom stereocenters. The molecule has 3 heteroatoms. The molecule has 18 heavy (non-hydrogen) atoms. The van der Waals surface area contributed by atoms with Crippen LogP contribution in [0.2, 0.25) is 0 Å². The second-order valence-electron chi connectivity index (χ2n) is 5.14. The number of aryl methyl sites for hydroxylation is 2. The molecule has 1 aromatic carbocycles. The van der Waals surface area contributed by atoms with Crippen LogP contribution >= 0.6 is 11.3 Å². The third-order valence-electron chi connectivity index (χ3n) is 3.33. The summed E-state index contributed by atoms with van der Waals surface area (Å²) in [4.78, 5) is 4.67. The molecule has 1 aromatic heterocycles. The summed E-state index contributed by atoms with van der Waals surface area (Å²) in [7, 11) is 0. The monoisotopic (exact) mass is 260 g/mol. The van der Waals surface area contributed by atoms with Gasteiger partial charge in [0.15, 0.2) is 0 Å². The molecule has 0 radical (unpaired) electrons. The summed E-state index contributed by atoms with van der Waals surface area (Å²) in [5.41, 5.74) is 11.0. The molecule has 0 amide bonds. The van der Waals surface area contributed by atoms with Gasteiger partial charge in [0.2, 0.25) is 0 Å². The van der Waals surface area contributed by atoms with Crippen molar-refractivity contribution < 1.29 is 0 Å². The maximum absolute atomic E-state index is 6.13. The Morgan fingerprint density at radius 3 is 2.50 bits per heavy atom. The van der Waals surface area contributed by atoms with Crippen LogP contribution in [0.3, 0.4) is 0 Å². The molecule has 2 nitrogen and oxygen atoms in total. The van der Waals surface area contributed by atoms with E-state index in [1.54, 1.807) is 11.3 Å². The summed E-state index contributed by atoms with van der Waals surface area (Å²) in [6, 6.07) is 6.50. The first-order valence-electron chi connectivity index (χ1n) is 6.27. The summed E-state index contributed by atoms with van der Waals surface area (Å²) < 4.78 is 0. The molecule has 0 bridgehead atoms. The van der Waals surface area contributed by atoms with Gasteiger partial charge in [0.25, 0.3) is 0 Å². The largest absolute Gasteiger partial charge is 0.322 e. The summed E-state index contributed by atoms with van der Waals surface area (Å²) in [5, 5.41) is 3.13. The van der Waals surface area contributed by atoms with E-state index in [2.05, 4.69) is 56.3 Å². The molecule has 2 aromatic rings. The van der Waals surface area contributed by atoms with Gasteiger partial charge in [-0.2, -0.15) is 0 Å². The van der Waals surface area contributed by atoms with E-state index in [4.69, 9.17) is 5.73 Å². The van der Waals surface area contributed by atoms with Crippen molar-refractivity contribution in [1.82, 2.24) is 4.98 Å². The Morgan fingerprint density at radius 1 is 1.17 bits per heavy atom. The van der Waals surface area contributed by atoms with E-state index < -0.39 is 0 Å². The zero-order valence-electron chi connectivity index (χ0n) is 11.4. The predicted octanol–water partition coefficient (Wildman–Crippen LogP) is 4.08. The van der Waals surface area contributed by atoms with Crippen molar-refractivity contribution in [1.29, 1.82) is 0 Å². The Labute approximate surface area is 113 Å². The zero-order chi connectivity index (χ0) is 13.3. The first-order valence-corrected chi connectivity index (χ1v) is 7.15. The molecule has 0 saturated heterocycles. The summed E-state index contributed by atoms with van der Waals surface area (Å²) in [5.74, 6) is 0.420. The molecule has 2 rings (SSSR count). The maximum Gasteiger partial charge on any atom is 0.110 e. The van der Waals surface area contributed by atoms with Crippen molar-refractivity contribution >= 4 is 11.3 Å². The number of thiazole rings is 1. The highest BCUT2D eigenvalue weighted by Gasteiger charge is 2.15. The van der Waals surface area contributed by atoms with E-state index in [1.165, 1.54) is 16.7 Å². The number of benzene rings is 1. The molecule has 96 valence electrons. The van der Waals surface area contributed by atoms with Crippen molar-refractivity contribution in [2.75, 3.05) is 0 Å². The van der Waals surface area contributed by atoms with Crippen molar-refractivity contribution in [3.63, 3.8) is 0 Å². The minimum absolute atomic E-state index is 0.0373. The normalized spacial score (nSPS) is 13.0. The molecule has 1 heterocycles. The first kappa shape index (κ1) is 13.2. The number of nitrogens with zero attached hydrogens (tertiary/aromatic N) is 1. The van der Waals surface area contributed by atoms with Crippen LogP contribution in [0.1, 0.15) is 36.0 Å². The minimum Gasteiger partial charge on any atom is -0.322 e. The number of nitrogens with two attached hydrogens (primary N) is 1. The lowest BCUT2D eigenvalue weighted by atomic mass is 10.0. The first-order chi connectivity index (χ1) is 8.49. The number of hydrogen-bond donors (Lipinski definition) is 1. The molecule has 2 N–H and O–H groups in total. The Balaban J connectivity index is 2.32. The van der Waals surface area contributed by atoms with E-state index in [1.807, 2.05) is 0 Å². The topological polar surface area (TPSA) is 38.9 Å². The number of hydrogen-bond acceptors (Lipinski definition) is 3. The van der Waals surface area contributed by atoms with Crippen LogP contribution in [0, 0.1) is 19.8 Å². The number of aromatic nitrogens is 1. The SMILES string of the molecule is Cc1ccc(-c2csc(C(N)C(C)C)n2)cc1C. The van der Waals surface area contributed by atoms with Gasteiger partial charge in [-0.3, -0.25) is 0 Å². The average Bonchev–Trinajstić information content (AvgIpc) is 2.81. The summed E-state index contributed by atoms with van der Waals surface area (Å²) in [6.45, 7) is 8.51. The van der Waals surface area contributed by atoms with Crippen LogP contribution in [-0.2, 0) is 0 Å². The van der Waals surface area contributed by atoms with Gasteiger partial charge in [-0.25, -0.2) is 4.98 Å². The molecule has 0 fully saturated rings. The van der Waals surface area contributed by atoms with Crippen LogP contribution in [0.4, 0.5) is 0 Å². The van der Waals surface area contributed by atoms with Crippen LogP contribution in [0.25, 0.3) is 11.3 Å². The highest BCUT2D eigenvalue weighted by atomic mass is 32.1. The molecule has 0 aliphatic rings. The average molecular weight is 260 g/mol. The van der Waals surface area contributed by atoms with Crippen molar-refractivity contribution in [3.8, 4) is 11.3 Å². The Bertz CT molecular complexity index is 543. The zero-order valence-corrected chi connectivity index (χ0v) is 12.2. The smallest absolute Gasteiger partial charge is 0.110 e. The maximum atomic E-state index is 6.13. The van der Waals surface area contributed by atoms with Gasteiger partial charge >= 0.3 is 0 Å². The number of rotatable bonds is 3. The van der Waals surface area contributed by atoms with Crippen LogP contribution in [0.5, 0.6) is 0 Å². The standard InChI is InChI=1S/C15H20N2S/c1-9(2)14(16)15-17-13(8-18-15)12-6-5-10(3)11(4)7-12/h5-9,14H,16H2,1-4H3. The molecular weight excluding hydrogens is 240 g/mol.